The van der Waals surface area contributed by atoms with Gasteiger partial charge in [-0.1, -0.05) is 0 Å². The van der Waals surface area contributed by atoms with Gasteiger partial charge in [-0.25, -0.2) is 36.3 Å². The van der Waals surface area contributed by atoms with Gasteiger partial charge in [0.05, 0.1) is 25.0 Å². The van der Waals surface area contributed by atoms with Crippen molar-refractivity contribution in [1.82, 2.24) is 0 Å². The molecular formula is C39H40F5O12S2+. The molecule has 0 radical (unpaired) electrons. The molecule has 0 amide bonds. The Labute approximate surface area is 332 Å². The second-order valence-electron chi connectivity index (χ2n) is 15.1. The third kappa shape index (κ3) is 11.2. The summed E-state index contributed by atoms with van der Waals surface area (Å²) in [6.07, 6.45) is -3.30. The fourth-order valence-corrected chi connectivity index (χ4v) is 10.3. The Morgan fingerprint density at radius 2 is 0.690 bits per heavy atom. The lowest BCUT2D eigenvalue weighted by molar-refractivity contribution is 0.0193. The average molecular weight is 860 g/mol. The Kier molecular flexibility index (Phi) is 13.1. The predicted octanol–water partition coefficient (Wildman–Crippen LogP) is 11.0. The molecule has 314 valence electrons. The quantitative estimate of drug-likeness (QED) is 0.0231. The minimum atomic E-state index is -5.88. The van der Waals surface area contributed by atoms with Gasteiger partial charge in [0.2, 0.25) is 10.7 Å². The van der Waals surface area contributed by atoms with Crippen LogP contribution >= 0.6 is 10.3 Å². The van der Waals surface area contributed by atoms with Crippen molar-refractivity contribution >= 4 is 38.9 Å². The summed E-state index contributed by atoms with van der Waals surface area (Å²) in [7, 11) is -9.76. The van der Waals surface area contributed by atoms with Crippen LogP contribution in [0.4, 0.5) is 36.3 Å². The minimum absolute atomic E-state index is 0.0712. The highest BCUT2D eigenvalue weighted by atomic mass is 32.3. The van der Waals surface area contributed by atoms with E-state index in [4.69, 9.17) is 28.4 Å². The van der Waals surface area contributed by atoms with E-state index < -0.39 is 89.7 Å². The van der Waals surface area contributed by atoms with Gasteiger partial charge in [-0.2, -0.15) is 0 Å². The summed E-state index contributed by atoms with van der Waals surface area (Å²) >= 11 is 0. The van der Waals surface area contributed by atoms with Crippen molar-refractivity contribution in [3.63, 3.8) is 0 Å². The Bertz CT molecular complexity index is 2070. The molecule has 19 heteroatoms. The molecule has 4 aromatic carbocycles. The highest BCUT2D eigenvalue weighted by molar-refractivity contribution is 8.32. The van der Waals surface area contributed by atoms with E-state index in [0.717, 1.165) is 0 Å². The van der Waals surface area contributed by atoms with Crippen molar-refractivity contribution in [2.75, 3.05) is 0 Å². The first kappa shape index (κ1) is 45.3. The number of ether oxygens (including phenoxy) is 6. The van der Waals surface area contributed by atoms with E-state index in [1.165, 1.54) is 72.8 Å². The van der Waals surface area contributed by atoms with Crippen LogP contribution in [0.1, 0.15) is 62.3 Å². The number of hydrogen-bond acceptors (Lipinski definition) is 11. The van der Waals surface area contributed by atoms with Crippen molar-refractivity contribution < 1.29 is 76.8 Å². The Morgan fingerprint density at radius 3 is 0.931 bits per heavy atom. The lowest BCUT2D eigenvalue weighted by Gasteiger charge is -2.35. The van der Waals surface area contributed by atoms with Crippen molar-refractivity contribution in [3.05, 3.63) is 102 Å². The van der Waals surface area contributed by atoms with Gasteiger partial charge in [0, 0.05) is 0 Å². The highest BCUT2D eigenvalue weighted by Crippen LogP contribution is 2.69. The van der Waals surface area contributed by atoms with Crippen LogP contribution in [0.2, 0.25) is 0 Å². The molecule has 0 unspecified atom stereocenters. The number of hydrogen-bond donors (Lipinski definition) is 0. The van der Waals surface area contributed by atoms with Gasteiger partial charge in [0.25, 0.3) is 0 Å². The molecule has 0 heterocycles. The van der Waals surface area contributed by atoms with Gasteiger partial charge in [-0.3, -0.25) is 3.63 Å². The molecule has 0 saturated heterocycles. The van der Waals surface area contributed by atoms with Gasteiger partial charge < -0.3 is 28.4 Å². The predicted molar refractivity (Wildman–Crippen MR) is 198 cm³/mol. The van der Waals surface area contributed by atoms with Crippen LogP contribution in [0, 0.1) is 29.1 Å². The maximum Gasteiger partial charge on any atom is 0.514 e. The monoisotopic (exact) mass is 859 g/mol. The Balaban J connectivity index is 1.99. The van der Waals surface area contributed by atoms with E-state index in [-0.39, 0.29) is 31.9 Å². The lowest BCUT2D eigenvalue weighted by Crippen LogP contribution is -2.26. The average Bonchev–Trinajstić information content (AvgIpc) is 3.07. The minimum Gasteiger partial charge on any atom is -0.428 e. The number of benzene rings is 4. The van der Waals surface area contributed by atoms with E-state index in [2.05, 4.69) is 3.63 Å². The van der Waals surface area contributed by atoms with Gasteiger partial charge in [0.15, 0.2) is 23.3 Å². The molecule has 0 aromatic heterocycles. The summed E-state index contributed by atoms with van der Waals surface area (Å²) in [6, 6.07) is 14.7. The molecular weight excluding hydrogens is 820 g/mol. The molecule has 0 bridgehead atoms. The molecule has 0 aliphatic rings. The molecule has 0 saturated carbocycles. The molecule has 0 aliphatic carbocycles. The zero-order valence-electron chi connectivity index (χ0n) is 32.6. The molecule has 1 N–H and O–H groups in total. The fraction of sp³-hybridized carbons (Fsp3) is 0.308. The topological polar surface area (TPSA) is 154 Å². The van der Waals surface area contributed by atoms with Crippen LogP contribution in [-0.4, -0.2) is 47.3 Å². The summed E-state index contributed by atoms with van der Waals surface area (Å²) < 4.78 is 137. The first-order chi connectivity index (χ1) is 26.6. The van der Waals surface area contributed by atoms with Crippen molar-refractivity contribution in [1.29, 1.82) is 0 Å². The van der Waals surface area contributed by atoms with E-state index in [9.17, 15) is 36.0 Å². The maximum atomic E-state index is 15.2. The molecule has 0 spiro atoms. The molecule has 12 nitrogen and oxygen atoms in total. The van der Waals surface area contributed by atoms with Gasteiger partial charge in [0.1, 0.15) is 34.1 Å². The smallest absolute Gasteiger partial charge is 0.428 e. The largest absolute Gasteiger partial charge is 0.514 e. The number of halogens is 5. The van der Waals surface area contributed by atoms with E-state index in [1.54, 1.807) is 62.3 Å². The van der Waals surface area contributed by atoms with Gasteiger partial charge in [-0.05, 0) is 135 Å². The normalized spacial score (nSPS) is 12.7. The first-order valence-corrected chi connectivity index (χ1v) is 20.0. The van der Waals surface area contributed by atoms with Crippen LogP contribution in [0.15, 0.2) is 92.4 Å². The third-order valence-electron chi connectivity index (χ3n) is 6.90. The van der Waals surface area contributed by atoms with Crippen LogP contribution in [0.5, 0.6) is 17.2 Å². The van der Waals surface area contributed by atoms with E-state index >= 15 is 8.78 Å². The van der Waals surface area contributed by atoms with Gasteiger partial charge in [-0.15, -0.1) is 8.42 Å². The van der Waals surface area contributed by atoms with E-state index in [0.29, 0.717) is 0 Å². The summed E-state index contributed by atoms with van der Waals surface area (Å²) in [5.41, 5.74) is -2.82. The molecule has 4 aromatic rings. The second-order valence-corrected chi connectivity index (χ2v) is 19.7. The maximum absolute atomic E-state index is 15.2. The molecule has 58 heavy (non-hydrogen) atoms. The van der Waals surface area contributed by atoms with Crippen LogP contribution in [0.25, 0.3) is 0 Å². The zero-order valence-corrected chi connectivity index (χ0v) is 34.2. The van der Waals surface area contributed by atoms with Crippen molar-refractivity contribution in [2.45, 2.75) is 98.7 Å². The lowest BCUT2D eigenvalue weighted by atomic mass is 10.2. The molecule has 0 aliphatic heterocycles. The van der Waals surface area contributed by atoms with Gasteiger partial charge >= 0.3 is 28.6 Å². The van der Waals surface area contributed by atoms with Crippen molar-refractivity contribution in [3.8, 4) is 17.2 Å². The fourth-order valence-electron chi connectivity index (χ4n) is 4.75. The van der Waals surface area contributed by atoms with Crippen LogP contribution < -0.4 is 14.2 Å². The Morgan fingerprint density at radius 1 is 0.448 bits per heavy atom. The summed E-state index contributed by atoms with van der Waals surface area (Å²) in [4.78, 5) is 34.8. The highest BCUT2D eigenvalue weighted by Gasteiger charge is 2.47. The standard InChI is InChI=1S/C39H39F5O12S2/c1-37(2,3)53-34(45)50-22-10-16-25(17-11-22)57(26-18-12-23(13-19-26)51-35(46)54-38(4,5)6,27-20-14-24(15-21-27)52-36(47)55-39(7,8)9)56-58(48,49)33-31(43)29(41)28(40)30(42)32(33)44/h10-21H,1-9H3/p+1. The summed E-state index contributed by atoms with van der Waals surface area (Å²) in [5, 5.41) is 0. The number of carbonyl (C=O) groups is 3. The zero-order chi connectivity index (χ0) is 43.6. The number of rotatable bonds is 9. The van der Waals surface area contributed by atoms with Crippen LogP contribution in [0.3, 0.4) is 0 Å². The summed E-state index contributed by atoms with van der Waals surface area (Å²) in [6.45, 7) is 14.3. The van der Waals surface area contributed by atoms with Crippen molar-refractivity contribution in [2.24, 2.45) is 0 Å². The Hall–Kier alpha value is -5.40. The molecule has 4 rings (SSSR count). The first-order valence-electron chi connectivity index (χ1n) is 17.0. The van der Waals surface area contributed by atoms with Crippen LogP contribution in [-0.2, 0) is 24.3 Å². The SMILES string of the molecule is CC(C)(C)OC(=O)Oc1ccc(S([OH+]S(=O)(=O)c2c(F)c(F)c(F)c(F)c2F)(c2ccc(OC(=O)OC(C)(C)C)cc2)c2ccc(OC(=O)OC(C)(C)C)cc2)cc1. The third-order valence-corrected chi connectivity index (χ3v) is 12.3. The summed E-state index contributed by atoms with van der Waals surface area (Å²) in [5.74, 6) is -13.4. The molecule has 0 fully saturated rings. The number of carbonyl (C=O) groups excluding carboxylic acids is 3. The van der Waals surface area contributed by atoms with E-state index in [1.807, 2.05) is 0 Å². The molecule has 0 atom stereocenters. The second kappa shape index (κ2) is 16.8.